The van der Waals surface area contributed by atoms with Gasteiger partial charge in [-0.15, -0.1) is 0 Å². The number of allylic oxidation sites excluding steroid dienone is 2. The van der Waals surface area contributed by atoms with E-state index in [1.165, 1.54) is 18.2 Å². The Balaban J connectivity index is 0.961. The van der Waals surface area contributed by atoms with Crippen LogP contribution in [0.3, 0.4) is 0 Å². The lowest BCUT2D eigenvalue weighted by Crippen LogP contribution is -2.63. The second kappa shape index (κ2) is 14.1. The lowest BCUT2D eigenvalue weighted by Gasteiger charge is -2.47. The number of benzene rings is 1. The van der Waals surface area contributed by atoms with Gasteiger partial charge in [-0.2, -0.15) is 0 Å². The van der Waals surface area contributed by atoms with Crippen molar-refractivity contribution in [3.8, 4) is 5.75 Å². The largest absolute Gasteiger partial charge is 0.493 e. The highest BCUT2D eigenvalue weighted by atomic mass is 16.6. The molecule has 4 aliphatic rings. The molecule has 3 aliphatic heterocycles. The van der Waals surface area contributed by atoms with E-state index in [1.54, 1.807) is 4.90 Å². The summed E-state index contributed by atoms with van der Waals surface area (Å²) >= 11 is 0. The summed E-state index contributed by atoms with van der Waals surface area (Å²) < 4.78 is 11.7. The first-order valence-electron chi connectivity index (χ1n) is 17.4. The monoisotopic (exact) mass is 658 g/mol. The van der Waals surface area contributed by atoms with Crippen LogP contribution in [0, 0.1) is 17.3 Å². The summed E-state index contributed by atoms with van der Waals surface area (Å²) in [5.41, 5.74) is 3.53. The van der Waals surface area contributed by atoms with Gasteiger partial charge < -0.3 is 29.0 Å². The van der Waals surface area contributed by atoms with Crippen molar-refractivity contribution in [2.45, 2.75) is 71.8 Å². The van der Waals surface area contributed by atoms with E-state index in [0.717, 1.165) is 68.2 Å². The van der Waals surface area contributed by atoms with E-state index >= 15 is 0 Å². The summed E-state index contributed by atoms with van der Waals surface area (Å²) in [4.78, 5) is 46.3. The predicted molar refractivity (Wildman–Crippen MR) is 185 cm³/mol. The Morgan fingerprint density at radius 1 is 1.00 bits per heavy atom. The molecule has 11 nitrogen and oxygen atoms in total. The molecule has 4 heterocycles. The second-order valence-electron chi connectivity index (χ2n) is 14.7. The minimum atomic E-state index is -0.554. The van der Waals surface area contributed by atoms with Crippen molar-refractivity contribution >= 4 is 29.2 Å². The molecule has 2 amide bonds. The minimum absolute atomic E-state index is 0.0639. The van der Waals surface area contributed by atoms with Crippen LogP contribution in [-0.4, -0.2) is 96.1 Å². The van der Waals surface area contributed by atoms with Crippen molar-refractivity contribution in [1.29, 1.82) is 0 Å². The Morgan fingerprint density at radius 2 is 1.69 bits per heavy atom. The molecule has 1 unspecified atom stereocenters. The molecule has 3 saturated heterocycles. The van der Waals surface area contributed by atoms with Crippen LogP contribution < -0.4 is 9.64 Å². The third kappa shape index (κ3) is 7.60. The van der Waals surface area contributed by atoms with Crippen molar-refractivity contribution in [2.24, 2.45) is 22.4 Å². The fourth-order valence-corrected chi connectivity index (χ4v) is 7.23. The van der Waals surface area contributed by atoms with Crippen LogP contribution in [-0.2, 0) is 20.8 Å². The zero-order valence-electron chi connectivity index (χ0n) is 29.1. The molecule has 1 aromatic carbocycles. The summed E-state index contributed by atoms with van der Waals surface area (Å²) in [5, 5.41) is 4.28. The van der Waals surface area contributed by atoms with E-state index < -0.39 is 5.60 Å². The van der Waals surface area contributed by atoms with E-state index in [1.807, 2.05) is 38.1 Å². The Kier molecular flexibility index (Phi) is 9.94. The summed E-state index contributed by atoms with van der Waals surface area (Å²) in [5.74, 6) is 2.32. The third-order valence-electron chi connectivity index (χ3n) is 10.1. The van der Waals surface area contributed by atoms with Gasteiger partial charge in [0, 0.05) is 51.0 Å². The van der Waals surface area contributed by atoms with Crippen LogP contribution in [0.4, 0.5) is 10.7 Å². The van der Waals surface area contributed by atoms with Gasteiger partial charge in [-0.3, -0.25) is 4.79 Å². The predicted octanol–water partition coefficient (Wildman–Crippen LogP) is 5.60. The number of aryl methyl sites for hydroxylation is 1. The molecule has 3 fully saturated rings. The van der Waals surface area contributed by atoms with Crippen molar-refractivity contribution in [3.63, 3.8) is 0 Å². The van der Waals surface area contributed by atoms with Crippen molar-refractivity contribution < 1.29 is 23.9 Å². The van der Waals surface area contributed by atoms with Gasteiger partial charge in [0.15, 0.2) is 0 Å². The highest BCUT2D eigenvalue weighted by molar-refractivity contribution is 6.00. The zero-order valence-corrected chi connectivity index (χ0v) is 29.1. The maximum absolute atomic E-state index is 13.7. The Bertz CT molecular complexity index is 1500. The summed E-state index contributed by atoms with van der Waals surface area (Å²) in [6, 6.07) is 8.39. The molecule has 2 aromatic rings. The molecule has 1 spiro atoms. The molecule has 0 N–H and O–H groups in total. The van der Waals surface area contributed by atoms with Crippen molar-refractivity contribution in [3.05, 3.63) is 53.9 Å². The number of nitrogens with zero attached hydrogens (tertiary/aromatic N) is 6. The number of ether oxygens (including phenoxy) is 2. The molecule has 0 radical (unpaired) electrons. The van der Waals surface area contributed by atoms with Gasteiger partial charge >= 0.3 is 6.09 Å². The number of likely N-dealkylation sites (tertiary alicyclic amines) is 2. The van der Waals surface area contributed by atoms with Crippen LogP contribution in [0.25, 0.3) is 5.57 Å². The van der Waals surface area contributed by atoms with Crippen LogP contribution >= 0.6 is 0 Å². The second-order valence-corrected chi connectivity index (χ2v) is 14.7. The number of hydrogen-bond acceptors (Lipinski definition) is 9. The van der Waals surface area contributed by atoms with Gasteiger partial charge in [-0.1, -0.05) is 30.3 Å². The van der Waals surface area contributed by atoms with Gasteiger partial charge in [-0.05, 0) is 94.0 Å². The standard InChI is InChI=1S/C37H50N6O5/c1-6-26-19-38-34(39-20-26)41-17-15-27(16-18-41)22-47-31-13-11-29(12-14-31)28-7-9-30(10-8-28)33(44)42-21-32(40-46-5)37(23-42)24-43(25-37)35(45)48-36(2,3)4/h7,11-14,19-20,27,30H,6,8-10,15-18,21-25H2,1-5H3/b40-32+. The first-order chi connectivity index (χ1) is 23.1. The smallest absolute Gasteiger partial charge is 0.410 e. The molecule has 1 aliphatic carbocycles. The fourth-order valence-electron chi connectivity index (χ4n) is 7.23. The van der Waals surface area contributed by atoms with Gasteiger partial charge in [0.25, 0.3) is 0 Å². The highest BCUT2D eigenvalue weighted by Crippen LogP contribution is 2.40. The third-order valence-corrected chi connectivity index (χ3v) is 10.1. The number of amides is 2. The molecule has 0 saturated carbocycles. The van der Waals surface area contributed by atoms with Gasteiger partial charge in [0.05, 0.1) is 24.3 Å². The van der Waals surface area contributed by atoms with E-state index in [4.69, 9.17) is 14.3 Å². The Hall–Kier alpha value is -4.15. The van der Waals surface area contributed by atoms with Crippen LogP contribution in [0.1, 0.15) is 70.9 Å². The minimum Gasteiger partial charge on any atom is -0.493 e. The first-order valence-corrected chi connectivity index (χ1v) is 17.4. The number of anilines is 1. The topological polar surface area (TPSA) is 110 Å². The van der Waals surface area contributed by atoms with Crippen LogP contribution in [0.2, 0.25) is 0 Å². The van der Waals surface area contributed by atoms with E-state index in [-0.39, 0.29) is 23.3 Å². The van der Waals surface area contributed by atoms with Crippen LogP contribution in [0.15, 0.2) is 47.9 Å². The van der Waals surface area contributed by atoms with Crippen molar-refractivity contribution in [1.82, 2.24) is 19.8 Å². The molecule has 11 heteroatoms. The SMILES string of the molecule is CCc1cnc(N2CCC(COc3ccc(C4=CCC(C(=O)N5C/C(=N\OC)C6(CN(C(=O)OC(C)(C)C)C6)C5)CC4)cc3)CC2)nc1. The van der Waals surface area contributed by atoms with E-state index in [2.05, 4.69) is 57.3 Å². The molecule has 0 bridgehead atoms. The van der Waals surface area contributed by atoms with E-state index in [0.29, 0.717) is 45.1 Å². The normalized spacial score (nSPS) is 22.0. The summed E-state index contributed by atoms with van der Waals surface area (Å²) in [7, 11) is 1.52. The summed E-state index contributed by atoms with van der Waals surface area (Å²) in [6.45, 7) is 12.2. The quantitative estimate of drug-likeness (QED) is 0.338. The first kappa shape index (κ1) is 33.7. The van der Waals surface area contributed by atoms with Gasteiger partial charge in [0.1, 0.15) is 18.5 Å². The van der Waals surface area contributed by atoms with Crippen LogP contribution in [0.5, 0.6) is 5.75 Å². The molecule has 1 aromatic heterocycles. The summed E-state index contributed by atoms with van der Waals surface area (Å²) in [6.07, 6.45) is 11.2. The molecule has 258 valence electrons. The Morgan fingerprint density at radius 3 is 2.29 bits per heavy atom. The number of oxime groups is 1. The highest BCUT2D eigenvalue weighted by Gasteiger charge is 2.56. The van der Waals surface area contributed by atoms with E-state index in [9.17, 15) is 9.59 Å². The molecule has 6 rings (SSSR count). The zero-order chi connectivity index (χ0) is 33.9. The van der Waals surface area contributed by atoms with Crippen molar-refractivity contribution in [2.75, 3.05) is 57.9 Å². The lowest BCUT2D eigenvalue weighted by molar-refractivity contribution is -0.135. The van der Waals surface area contributed by atoms with Gasteiger partial charge in [0.2, 0.25) is 11.9 Å². The molecule has 48 heavy (non-hydrogen) atoms. The van der Waals surface area contributed by atoms with Gasteiger partial charge in [-0.25, -0.2) is 14.8 Å². The maximum atomic E-state index is 13.7. The number of aromatic nitrogens is 2. The number of rotatable bonds is 8. The maximum Gasteiger partial charge on any atom is 0.410 e. The fraction of sp³-hybridized carbons (Fsp3) is 0.595. The number of carbonyl (C=O) groups is 2. The average Bonchev–Trinajstić information content (AvgIpc) is 3.46. The number of piperidine rings is 1. The molecular formula is C37H50N6O5. The number of hydrogen-bond donors (Lipinski definition) is 0. The average molecular weight is 659 g/mol. The molecule has 1 atom stereocenters. The molecular weight excluding hydrogens is 608 g/mol. The lowest BCUT2D eigenvalue weighted by atomic mass is 9.78. The Labute approximate surface area is 284 Å². The number of carbonyl (C=O) groups excluding carboxylic acids is 2.